The number of amides is 1. The molecule has 0 saturated heterocycles. The third-order valence-electron chi connectivity index (χ3n) is 2.74. The Balaban J connectivity index is 2.37. The first-order valence-electron chi connectivity index (χ1n) is 6.52. The van der Waals surface area contributed by atoms with Gasteiger partial charge in [-0.1, -0.05) is 30.3 Å². The molecular weight excluding hydrogens is 254 g/mol. The van der Waals surface area contributed by atoms with Crippen molar-refractivity contribution in [3.63, 3.8) is 0 Å². The van der Waals surface area contributed by atoms with E-state index in [-0.39, 0.29) is 18.4 Å². The Labute approximate surface area is 119 Å². The third kappa shape index (κ3) is 6.60. The predicted octanol–water partition coefficient (Wildman–Crippen LogP) is 2.67. The monoisotopic (exact) mass is 273 g/mol. The van der Waals surface area contributed by atoms with Crippen molar-refractivity contribution in [2.24, 2.45) is 0 Å². The summed E-state index contributed by atoms with van der Waals surface area (Å²) in [6, 6.07) is 9.18. The molecule has 0 radical (unpaired) electrons. The molecule has 0 aliphatic carbocycles. The zero-order chi connectivity index (χ0) is 14.8. The molecule has 4 nitrogen and oxygen atoms in total. The van der Waals surface area contributed by atoms with Crippen LogP contribution in [0, 0.1) is 12.3 Å². The smallest absolute Gasteiger partial charge is 0.407 e. The van der Waals surface area contributed by atoms with E-state index in [0.717, 1.165) is 5.56 Å². The fraction of sp³-hybridized carbons (Fsp3) is 0.375. The van der Waals surface area contributed by atoms with E-state index in [0.29, 0.717) is 19.3 Å². The van der Waals surface area contributed by atoms with Gasteiger partial charge in [0, 0.05) is 18.9 Å². The molecule has 4 heteroatoms. The Bertz CT molecular complexity index is 476. The van der Waals surface area contributed by atoms with E-state index in [2.05, 4.69) is 11.2 Å². The Hall–Kier alpha value is -2.28. The Kier molecular flexibility index (Phi) is 6.91. The number of nitrogens with one attached hydrogen (secondary N) is 1. The quantitative estimate of drug-likeness (QED) is 0.777. The maximum Gasteiger partial charge on any atom is 0.407 e. The largest absolute Gasteiger partial charge is 0.445 e. The van der Waals surface area contributed by atoms with Crippen LogP contribution in [0.4, 0.5) is 4.79 Å². The van der Waals surface area contributed by atoms with Crippen molar-refractivity contribution in [3.05, 3.63) is 35.9 Å². The number of benzene rings is 1. The fourth-order valence-corrected chi connectivity index (χ4v) is 1.68. The fourth-order valence-electron chi connectivity index (χ4n) is 1.68. The SMILES string of the molecule is C#CC[C@H](CCC(C)=O)NC(=O)OCc1ccccc1. The van der Waals surface area contributed by atoms with Gasteiger partial charge in [-0.15, -0.1) is 12.3 Å². The third-order valence-corrected chi connectivity index (χ3v) is 2.74. The van der Waals surface area contributed by atoms with Gasteiger partial charge in [-0.3, -0.25) is 0 Å². The van der Waals surface area contributed by atoms with Crippen LogP contribution in [-0.4, -0.2) is 17.9 Å². The van der Waals surface area contributed by atoms with Crippen LogP contribution in [0.15, 0.2) is 30.3 Å². The lowest BCUT2D eigenvalue weighted by molar-refractivity contribution is -0.117. The summed E-state index contributed by atoms with van der Waals surface area (Å²) < 4.78 is 5.11. The van der Waals surface area contributed by atoms with Crippen LogP contribution in [0.25, 0.3) is 0 Å². The number of terminal acetylenes is 1. The molecule has 1 atom stereocenters. The lowest BCUT2D eigenvalue weighted by Crippen LogP contribution is -2.35. The number of alkyl carbamates (subject to hydrolysis) is 1. The van der Waals surface area contributed by atoms with Gasteiger partial charge in [-0.2, -0.15) is 0 Å². The summed E-state index contributed by atoms with van der Waals surface area (Å²) in [5.41, 5.74) is 0.917. The first kappa shape index (κ1) is 15.8. The Morgan fingerprint density at radius 2 is 2.05 bits per heavy atom. The Morgan fingerprint density at radius 1 is 1.35 bits per heavy atom. The highest BCUT2D eigenvalue weighted by Crippen LogP contribution is 2.04. The van der Waals surface area contributed by atoms with Gasteiger partial charge in [0.05, 0.1) is 0 Å². The predicted molar refractivity (Wildman–Crippen MR) is 76.9 cm³/mol. The minimum atomic E-state index is -0.516. The van der Waals surface area contributed by atoms with E-state index in [4.69, 9.17) is 11.2 Å². The zero-order valence-corrected chi connectivity index (χ0v) is 11.6. The van der Waals surface area contributed by atoms with E-state index < -0.39 is 6.09 Å². The molecule has 0 aliphatic rings. The minimum absolute atomic E-state index is 0.0754. The second kappa shape index (κ2) is 8.76. The van der Waals surface area contributed by atoms with Crippen molar-refractivity contribution < 1.29 is 14.3 Å². The summed E-state index contributed by atoms with van der Waals surface area (Å²) >= 11 is 0. The van der Waals surface area contributed by atoms with E-state index in [1.165, 1.54) is 6.92 Å². The molecule has 0 fully saturated rings. The van der Waals surface area contributed by atoms with Crippen LogP contribution in [0.2, 0.25) is 0 Å². The van der Waals surface area contributed by atoms with Crippen molar-refractivity contribution >= 4 is 11.9 Å². The molecule has 0 spiro atoms. The molecule has 0 bridgehead atoms. The van der Waals surface area contributed by atoms with Crippen molar-refractivity contribution in [2.45, 2.75) is 38.8 Å². The summed E-state index contributed by atoms with van der Waals surface area (Å²) in [6.07, 6.45) is 6.04. The van der Waals surface area contributed by atoms with E-state index in [9.17, 15) is 9.59 Å². The standard InChI is InChI=1S/C16H19NO3/c1-3-7-15(11-10-13(2)18)17-16(19)20-12-14-8-5-4-6-9-14/h1,4-6,8-9,15H,7,10-12H2,2H3,(H,17,19)/t15-/m1/s1. The van der Waals surface area contributed by atoms with Gasteiger partial charge in [0.2, 0.25) is 0 Å². The lowest BCUT2D eigenvalue weighted by atomic mass is 10.1. The van der Waals surface area contributed by atoms with Gasteiger partial charge in [-0.25, -0.2) is 4.79 Å². The van der Waals surface area contributed by atoms with Crippen LogP contribution < -0.4 is 5.32 Å². The van der Waals surface area contributed by atoms with Crippen molar-refractivity contribution in [2.75, 3.05) is 0 Å². The van der Waals surface area contributed by atoms with Gasteiger partial charge in [0.1, 0.15) is 12.4 Å². The van der Waals surface area contributed by atoms with Crippen LogP contribution in [0.3, 0.4) is 0 Å². The minimum Gasteiger partial charge on any atom is -0.445 e. The highest BCUT2D eigenvalue weighted by atomic mass is 16.5. The average molecular weight is 273 g/mol. The topological polar surface area (TPSA) is 55.4 Å². The number of carbonyl (C=O) groups is 2. The number of ether oxygens (including phenoxy) is 1. The summed E-state index contributed by atoms with van der Waals surface area (Å²) in [5, 5.41) is 2.69. The number of hydrogen-bond acceptors (Lipinski definition) is 3. The highest BCUT2D eigenvalue weighted by Gasteiger charge is 2.13. The second-order valence-electron chi connectivity index (χ2n) is 4.55. The van der Waals surface area contributed by atoms with E-state index >= 15 is 0 Å². The second-order valence-corrected chi connectivity index (χ2v) is 4.55. The van der Waals surface area contributed by atoms with Crippen LogP contribution >= 0.6 is 0 Å². The molecule has 106 valence electrons. The maximum atomic E-state index is 11.7. The number of ketones is 1. The van der Waals surface area contributed by atoms with Crippen LogP contribution in [0.5, 0.6) is 0 Å². The summed E-state index contributed by atoms with van der Waals surface area (Å²) in [5.74, 6) is 2.56. The molecular formula is C16H19NO3. The molecule has 1 amide bonds. The summed E-state index contributed by atoms with van der Waals surface area (Å²) in [7, 11) is 0. The van der Waals surface area contributed by atoms with Crippen molar-refractivity contribution in [1.29, 1.82) is 0 Å². The molecule has 0 unspecified atom stereocenters. The average Bonchev–Trinajstić information content (AvgIpc) is 2.44. The normalized spacial score (nSPS) is 11.2. The number of Topliss-reactive ketones (excluding diaryl/α,β-unsaturated/α-hetero) is 1. The number of rotatable bonds is 7. The molecule has 1 N–H and O–H groups in total. The van der Waals surface area contributed by atoms with Crippen LogP contribution in [0.1, 0.15) is 31.7 Å². The molecule has 1 rings (SSSR count). The van der Waals surface area contributed by atoms with Crippen molar-refractivity contribution in [3.8, 4) is 12.3 Å². The number of hydrogen-bond donors (Lipinski definition) is 1. The van der Waals surface area contributed by atoms with Gasteiger partial charge >= 0.3 is 6.09 Å². The first-order chi connectivity index (χ1) is 9.61. The van der Waals surface area contributed by atoms with Gasteiger partial charge < -0.3 is 14.8 Å². The molecule has 1 aromatic rings. The van der Waals surface area contributed by atoms with Crippen molar-refractivity contribution in [1.82, 2.24) is 5.32 Å². The molecule has 20 heavy (non-hydrogen) atoms. The van der Waals surface area contributed by atoms with E-state index in [1.54, 1.807) is 0 Å². The van der Waals surface area contributed by atoms with E-state index in [1.807, 2.05) is 30.3 Å². The summed E-state index contributed by atoms with van der Waals surface area (Å²) in [6.45, 7) is 1.73. The highest BCUT2D eigenvalue weighted by molar-refractivity contribution is 5.75. The zero-order valence-electron chi connectivity index (χ0n) is 11.6. The molecule has 0 aliphatic heterocycles. The molecule has 1 aromatic carbocycles. The Morgan fingerprint density at radius 3 is 2.65 bits per heavy atom. The van der Waals surface area contributed by atoms with Gasteiger partial charge in [-0.05, 0) is 18.9 Å². The molecule has 0 aromatic heterocycles. The molecule has 0 saturated carbocycles. The number of carbonyl (C=O) groups excluding carboxylic acids is 2. The lowest BCUT2D eigenvalue weighted by Gasteiger charge is -2.15. The molecule has 0 heterocycles. The summed E-state index contributed by atoms with van der Waals surface area (Å²) in [4.78, 5) is 22.6. The van der Waals surface area contributed by atoms with Gasteiger partial charge in [0.25, 0.3) is 0 Å². The first-order valence-corrected chi connectivity index (χ1v) is 6.52. The van der Waals surface area contributed by atoms with Gasteiger partial charge in [0.15, 0.2) is 0 Å². The van der Waals surface area contributed by atoms with Crippen LogP contribution in [-0.2, 0) is 16.1 Å². The maximum absolute atomic E-state index is 11.7.